The van der Waals surface area contributed by atoms with Crippen LogP contribution in [0.5, 0.6) is 5.75 Å². The molecule has 0 atom stereocenters. The first-order chi connectivity index (χ1) is 13.8. The minimum Gasteiger partial charge on any atom is -0.508 e. The molecule has 0 bridgehead atoms. The van der Waals surface area contributed by atoms with Crippen molar-refractivity contribution in [3.63, 3.8) is 0 Å². The van der Waals surface area contributed by atoms with Crippen LogP contribution in [0.1, 0.15) is 47.6 Å². The molecule has 6 heteroatoms. The molecule has 1 heterocycles. The number of amides is 1. The lowest BCUT2D eigenvalue weighted by atomic mass is 9.75. The number of para-hydroxylation sites is 1. The molecule has 3 aromatic rings. The van der Waals surface area contributed by atoms with Gasteiger partial charge in [-0.3, -0.25) is 4.79 Å². The maximum Gasteiger partial charge on any atom is 0.271 e. The van der Waals surface area contributed by atoms with Gasteiger partial charge in [0.2, 0.25) is 0 Å². The third kappa shape index (κ3) is 3.78. The fraction of sp³-hybridized carbons (Fsp3) is 0.261. The van der Waals surface area contributed by atoms with Gasteiger partial charge < -0.3 is 5.11 Å². The minimum absolute atomic E-state index is 0.00585. The summed E-state index contributed by atoms with van der Waals surface area (Å²) in [6.45, 7) is 6.38. The van der Waals surface area contributed by atoms with Crippen LogP contribution in [0.3, 0.4) is 0 Å². The Morgan fingerprint density at radius 1 is 1.10 bits per heavy atom. The molecule has 148 valence electrons. The van der Waals surface area contributed by atoms with Gasteiger partial charge in [-0.15, -0.1) is 0 Å². The van der Waals surface area contributed by atoms with Gasteiger partial charge in [-0.1, -0.05) is 32.0 Å². The molecule has 4 rings (SSSR count). The van der Waals surface area contributed by atoms with Crippen LogP contribution in [0.25, 0.3) is 5.69 Å². The molecule has 0 saturated carbocycles. The maximum absolute atomic E-state index is 12.5. The lowest BCUT2D eigenvalue weighted by Gasteiger charge is -2.31. The largest absolute Gasteiger partial charge is 0.508 e. The minimum atomic E-state index is -0.310. The molecule has 2 aromatic carbocycles. The summed E-state index contributed by atoms with van der Waals surface area (Å²) in [7, 11) is 0. The van der Waals surface area contributed by atoms with E-state index >= 15 is 0 Å². The number of rotatable bonds is 3. The van der Waals surface area contributed by atoms with E-state index in [-0.39, 0.29) is 17.1 Å². The predicted octanol–water partition coefficient (Wildman–Crippen LogP) is 3.99. The number of nitrogens with zero attached hydrogens (tertiary/aromatic N) is 3. The van der Waals surface area contributed by atoms with Crippen molar-refractivity contribution < 1.29 is 9.90 Å². The van der Waals surface area contributed by atoms with Crippen LogP contribution in [0.15, 0.2) is 59.7 Å². The van der Waals surface area contributed by atoms with E-state index in [1.54, 1.807) is 12.1 Å². The highest BCUT2D eigenvalue weighted by Gasteiger charge is 2.34. The quantitative estimate of drug-likeness (QED) is 0.666. The van der Waals surface area contributed by atoms with E-state index in [1.165, 1.54) is 12.1 Å². The Hall–Kier alpha value is -3.41. The van der Waals surface area contributed by atoms with Gasteiger partial charge in [0.25, 0.3) is 5.91 Å². The Morgan fingerprint density at radius 3 is 2.48 bits per heavy atom. The summed E-state index contributed by atoms with van der Waals surface area (Å²) in [5, 5.41) is 18.7. The SMILES string of the molecule is Cc1nn(-c2ccccc2)c2c1/C(=N/NC(=O)c1ccc(O)cc1)CC(C)(C)C2. The number of hydrogen-bond donors (Lipinski definition) is 2. The lowest BCUT2D eigenvalue weighted by Crippen LogP contribution is -2.31. The molecule has 2 N–H and O–H groups in total. The third-order valence-corrected chi connectivity index (χ3v) is 5.16. The van der Waals surface area contributed by atoms with Crippen LogP contribution in [-0.4, -0.2) is 26.5 Å². The number of fused-ring (bicyclic) bond motifs is 1. The Kier molecular flexibility index (Phi) is 4.70. The maximum atomic E-state index is 12.5. The van der Waals surface area contributed by atoms with Crippen LogP contribution in [0.2, 0.25) is 0 Å². The number of carbonyl (C=O) groups excluding carboxylic acids is 1. The second-order valence-corrected chi connectivity index (χ2v) is 8.22. The summed E-state index contributed by atoms with van der Waals surface area (Å²) in [6, 6.07) is 16.2. The average Bonchev–Trinajstić information content (AvgIpc) is 3.02. The number of phenolic OH excluding ortho intramolecular Hbond substituents is 1. The number of hydrazone groups is 1. The molecule has 1 amide bonds. The van der Waals surface area contributed by atoms with Crippen LogP contribution in [-0.2, 0) is 6.42 Å². The number of carbonyl (C=O) groups is 1. The van der Waals surface area contributed by atoms with Crippen LogP contribution >= 0.6 is 0 Å². The van der Waals surface area contributed by atoms with E-state index in [0.29, 0.717) is 5.56 Å². The number of hydrogen-bond acceptors (Lipinski definition) is 4. The van der Waals surface area contributed by atoms with Gasteiger partial charge in [0, 0.05) is 11.1 Å². The van der Waals surface area contributed by atoms with Crippen molar-refractivity contribution in [1.29, 1.82) is 0 Å². The van der Waals surface area contributed by atoms with E-state index in [1.807, 2.05) is 41.9 Å². The van der Waals surface area contributed by atoms with Crippen LogP contribution in [0, 0.1) is 12.3 Å². The second-order valence-electron chi connectivity index (χ2n) is 8.22. The topological polar surface area (TPSA) is 79.5 Å². The number of phenols is 1. The number of nitrogens with one attached hydrogen (secondary N) is 1. The van der Waals surface area contributed by atoms with Crippen molar-refractivity contribution in [2.75, 3.05) is 0 Å². The van der Waals surface area contributed by atoms with Crippen molar-refractivity contribution >= 4 is 11.6 Å². The standard InChI is InChI=1S/C23H24N4O2/c1-15-21-19(24-25-22(29)16-9-11-18(28)12-10-16)13-23(2,3)14-20(21)27(26-15)17-7-5-4-6-8-17/h4-12,28H,13-14H2,1-3H3,(H,25,29)/b24-19+. The molecule has 1 aliphatic rings. The molecule has 0 spiro atoms. The summed E-state index contributed by atoms with van der Waals surface area (Å²) in [6.07, 6.45) is 1.63. The van der Waals surface area contributed by atoms with Crippen molar-refractivity contribution in [3.05, 3.63) is 77.1 Å². The van der Waals surface area contributed by atoms with E-state index in [0.717, 1.165) is 41.2 Å². The third-order valence-electron chi connectivity index (χ3n) is 5.16. The van der Waals surface area contributed by atoms with Crippen molar-refractivity contribution in [3.8, 4) is 11.4 Å². The molecule has 1 aliphatic carbocycles. The zero-order chi connectivity index (χ0) is 20.6. The molecule has 6 nitrogen and oxygen atoms in total. The monoisotopic (exact) mass is 388 g/mol. The Bertz CT molecular complexity index is 1080. The molecule has 29 heavy (non-hydrogen) atoms. The Balaban J connectivity index is 1.71. The van der Waals surface area contributed by atoms with Gasteiger partial charge in [-0.2, -0.15) is 10.2 Å². The van der Waals surface area contributed by atoms with Gasteiger partial charge in [-0.25, -0.2) is 10.1 Å². The number of aromatic nitrogens is 2. The second kappa shape index (κ2) is 7.20. The molecule has 0 unspecified atom stereocenters. The van der Waals surface area contributed by atoms with Crippen molar-refractivity contribution in [2.45, 2.75) is 33.6 Å². The fourth-order valence-electron chi connectivity index (χ4n) is 3.85. The van der Waals surface area contributed by atoms with Crippen molar-refractivity contribution in [2.24, 2.45) is 10.5 Å². The van der Waals surface area contributed by atoms with Crippen molar-refractivity contribution in [1.82, 2.24) is 15.2 Å². The van der Waals surface area contributed by atoms with Gasteiger partial charge in [0.05, 0.1) is 22.8 Å². The fourth-order valence-corrected chi connectivity index (χ4v) is 3.85. The average molecular weight is 388 g/mol. The zero-order valence-corrected chi connectivity index (χ0v) is 16.8. The molecule has 1 aromatic heterocycles. The normalized spacial score (nSPS) is 16.4. The lowest BCUT2D eigenvalue weighted by molar-refractivity contribution is 0.0954. The molecular formula is C23H24N4O2. The molecule has 0 fully saturated rings. The van der Waals surface area contributed by atoms with E-state index in [2.05, 4.69) is 24.4 Å². The van der Waals surface area contributed by atoms with Gasteiger partial charge >= 0.3 is 0 Å². The Labute approximate surface area is 169 Å². The highest BCUT2D eigenvalue weighted by atomic mass is 16.3. The number of benzene rings is 2. The molecular weight excluding hydrogens is 364 g/mol. The summed E-state index contributed by atoms with van der Waals surface area (Å²) in [5.74, 6) is -0.189. The number of aryl methyl sites for hydroxylation is 1. The van der Waals surface area contributed by atoms with Gasteiger partial charge in [-0.05, 0) is 61.6 Å². The first-order valence-corrected chi connectivity index (χ1v) is 9.64. The highest BCUT2D eigenvalue weighted by molar-refractivity contribution is 6.05. The summed E-state index contributed by atoms with van der Waals surface area (Å²) >= 11 is 0. The zero-order valence-electron chi connectivity index (χ0n) is 16.8. The van der Waals surface area contributed by atoms with Crippen LogP contribution in [0.4, 0.5) is 0 Å². The van der Waals surface area contributed by atoms with E-state index < -0.39 is 0 Å². The summed E-state index contributed by atoms with van der Waals surface area (Å²) in [5.41, 5.74) is 7.99. The molecule has 0 aliphatic heterocycles. The molecule has 0 radical (unpaired) electrons. The smallest absolute Gasteiger partial charge is 0.271 e. The van der Waals surface area contributed by atoms with E-state index in [9.17, 15) is 9.90 Å². The first kappa shape index (κ1) is 18.9. The van der Waals surface area contributed by atoms with Gasteiger partial charge in [0.15, 0.2) is 0 Å². The summed E-state index contributed by atoms with van der Waals surface area (Å²) in [4.78, 5) is 12.5. The summed E-state index contributed by atoms with van der Waals surface area (Å²) < 4.78 is 1.99. The highest BCUT2D eigenvalue weighted by Crippen LogP contribution is 2.37. The van der Waals surface area contributed by atoms with Crippen LogP contribution < -0.4 is 5.43 Å². The first-order valence-electron chi connectivity index (χ1n) is 9.64. The Morgan fingerprint density at radius 2 is 1.79 bits per heavy atom. The van der Waals surface area contributed by atoms with E-state index in [4.69, 9.17) is 5.10 Å². The molecule has 0 saturated heterocycles. The van der Waals surface area contributed by atoms with Gasteiger partial charge in [0.1, 0.15) is 5.75 Å². The predicted molar refractivity (Wildman–Crippen MR) is 113 cm³/mol. The number of aromatic hydroxyl groups is 1.